The van der Waals surface area contributed by atoms with Crippen LogP contribution < -0.4 is 5.32 Å². The number of rotatable bonds is 4. The first kappa shape index (κ1) is 17.5. The smallest absolute Gasteiger partial charge is 0.317 e. The molecule has 3 rings (SSSR count). The third-order valence-corrected chi connectivity index (χ3v) is 4.88. The Kier molecular flexibility index (Phi) is 5.38. The first-order valence-corrected chi connectivity index (χ1v) is 8.78. The molecule has 6 nitrogen and oxygen atoms in total. The summed E-state index contributed by atoms with van der Waals surface area (Å²) in [5.74, 6) is 0.673. The molecule has 25 heavy (non-hydrogen) atoms. The second-order valence-corrected chi connectivity index (χ2v) is 6.83. The summed E-state index contributed by atoms with van der Waals surface area (Å²) >= 11 is 0. The molecule has 2 aromatic rings. The van der Waals surface area contributed by atoms with Gasteiger partial charge >= 0.3 is 6.03 Å². The molecule has 1 aliphatic heterocycles. The SMILES string of the molecule is Cc1ccc(CNC(=O)N2CCCC(C(O)c3nccn3C)C2)cc1. The lowest BCUT2D eigenvalue weighted by atomic mass is 9.92. The number of amides is 2. The highest BCUT2D eigenvalue weighted by Gasteiger charge is 2.31. The number of aliphatic hydroxyl groups excluding tert-OH is 1. The number of nitrogens with one attached hydrogen (secondary N) is 1. The zero-order chi connectivity index (χ0) is 17.8. The number of nitrogens with zero attached hydrogens (tertiary/aromatic N) is 3. The minimum atomic E-state index is -0.646. The van der Waals surface area contributed by atoms with Crippen LogP contribution in [0.25, 0.3) is 0 Å². The van der Waals surface area contributed by atoms with Gasteiger partial charge in [-0.05, 0) is 25.3 Å². The van der Waals surface area contributed by atoms with Crippen molar-refractivity contribution in [2.75, 3.05) is 13.1 Å². The van der Waals surface area contributed by atoms with Gasteiger partial charge in [-0.15, -0.1) is 0 Å². The van der Waals surface area contributed by atoms with Crippen molar-refractivity contribution in [3.05, 3.63) is 53.6 Å². The van der Waals surface area contributed by atoms with Gasteiger partial charge in [0.1, 0.15) is 11.9 Å². The monoisotopic (exact) mass is 342 g/mol. The summed E-state index contributed by atoms with van der Waals surface area (Å²) in [4.78, 5) is 18.5. The van der Waals surface area contributed by atoms with Crippen molar-refractivity contribution in [1.29, 1.82) is 0 Å². The van der Waals surface area contributed by atoms with Crippen LogP contribution in [0.2, 0.25) is 0 Å². The van der Waals surface area contributed by atoms with E-state index >= 15 is 0 Å². The third-order valence-electron chi connectivity index (χ3n) is 4.88. The first-order valence-electron chi connectivity index (χ1n) is 8.78. The molecule has 1 aromatic carbocycles. The molecular formula is C19H26N4O2. The first-order chi connectivity index (χ1) is 12.0. The van der Waals surface area contributed by atoms with Crippen molar-refractivity contribution in [3.63, 3.8) is 0 Å². The molecule has 2 amide bonds. The van der Waals surface area contributed by atoms with Gasteiger partial charge in [0.15, 0.2) is 0 Å². The summed E-state index contributed by atoms with van der Waals surface area (Å²) < 4.78 is 1.83. The number of benzene rings is 1. The van der Waals surface area contributed by atoms with Gasteiger partial charge in [0.2, 0.25) is 0 Å². The van der Waals surface area contributed by atoms with Crippen LogP contribution in [0, 0.1) is 12.8 Å². The van der Waals surface area contributed by atoms with Crippen LogP contribution >= 0.6 is 0 Å². The third kappa shape index (κ3) is 4.20. The van der Waals surface area contributed by atoms with Gasteiger partial charge in [-0.1, -0.05) is 29.8 Å². The van der Waals surface area contributed by atoms with Crippen molar-refractivity contribution in [2.24, 2.45) is 13.0 Å². The summed E-state index contributed by atoms with van der Waals surface area (Å²) in [5, 5.41) is 13.6. The van der Waals surface area contributed by atoms with Crippen molar-refractivity contribution >= 4 is 6.03 Å². The highest BCUT2D eigenvalue weighted by molar-refractivity contribution is 5.74. The van der Waals surface area contributed by atoms with Crippen molar-refractivity contribution in [3.8, 4) is 0 Å². The van der Waals surface area contributed by atoms with E-state index in [4.69, 9.17) is 0 Å². The van der Waals surface area contributed by atoms with Crippen LogP contribution in [-0.2, 0) is 13.6 Å². The molecule has 1 aliphatic rings. The topological polar surface area (TPSA) is 70.4 Å². The van der Waals surface area contributed by atoms with E-state index in [0.717, 1.165) is 24.9 Å². The van der Waals surface area contributed by atoms with E-state index in [1.165, 1.54) is 5.56 Å². The number of aliphatic hydroxyl groups is 1. The molecular weight excluding hydrogens is 316 g/mol. The highest BCUT2D eigenvalue weighted by atomic mass is 16.3. The number of hydrogen-bond donors (Lipinski definition) is 2. The Hall–Kier alpha value is -2.34. The Balaban J connectivity index is 1.56. The zero-order valence-electron chi connectivity index (χ0n) is 14.9. The number of aromatic nitrogens is 2. The van der Waals surface area contributed by atoms with Crippen LogP contribution in [0.3, 0.4) is 0 Å². The quantitative estimate of drug-likeness (QED) is 0.896. The Morgan fingerprint density at radius 3 is 2.84 bits per heavy atom. The Morgan fingerprint density at radius 2 is 2.16 bits per heavy atom. The summed E-state index contributed by atoms with van der Waals surface area (Å²) in [7, 11) is 1.88. The van der Waals surface area contributed by atoms with Crippen molar-refractivity contribution in [1.82, 2.24) is 19.8 Å². The van der Waals surface area contributed by atoms with Gasteiger partial charge in [0.05, 0.1) is 0 Å². The van der Waals surface area contributed by atoms with Gasteiger partial charge in [-0.2, -0.15) is 0 Å². The molecule has 2 N–H and O–H groups in total. The standard InChI is InChI=1S/C19H26N4O2/c1-14-5-7-15(8-6-14)12-21-19(25)23-10-3-4-16(13-23)17(24)18-20-9-11-22(18)2/h5-9,11,16-17,24H,3-4,10,12-13H2,1-2H3,(H,21,25). The largest absolute Gasteiger partial charge is 0.385 e. The molecule has 0 saturated carbocycles. The molecule has 0 bridgehead atoms. The summed E-state index contributed by atoms with van der Waals surface area (Å²) in [6, 6.07) is 8.07. The predicted molar refractivity (Wildman–Crippen MR) is 95.9 cm³/mol. The molecule has 1 saturated heterocycles. The minimum absolute atomic E-state index is 0.0139. The number of carbonyl (C=O) groups excluding carboxylic acids is 1. The molecule has 1 fully saturated rings. The molecule has 2 heterocycles. The van der Waals surface area contributed by atoms with E-state index in [9.17, 15) is 9.90 Å². The van der Waals surface area contributed by atoms with E-state index in [1.54, 1.807) is 11.1 Å². The fourth-order valence-corrected chi connectivity index (χ4v) is 3.32. The Labute approximate surface area is 148 Å². The maximum atomic E-state index is 12.5. The number of aryl methyl sites for hydroxylation is 2. The molecule has 1 aromatic heterocycles. The number of piperidine rings is 1. The van der Waals surface area contributed by atoms with Crippen LogP contribution in [0.15, 0.2) is 36.7 Å². The normalized spacial score (nSPS) is 18.8. The average Bonchev–Trinajstić information content (AvgIpc) is 3.06. The van der Waals surface area contributed by atoms with Gasteiger partial charge in [-0.3, -0.25) is 0 Å². The number of urea groups is 1. The van der Waals surface area contributed by atoms with E-state index in [2.05, 4.69) is 10.3 Å². The average molecular weight is 342 g/mol. The second-order valence-electron chi connectivity index (χ2n) is 6.83. The highest BCUT2D eigenvalue weighted by Crippen LogP contribution is 2.28. The summed E-state index contributed by atoms with van der Waals surface area (Å²) in [6.07, 6.45) is 4.66. The second kappa shape index (κ2) is 7.70. The van der Waals surface area contributed by atoms with Crippen LogP contribution in [0.5, 0.6) is 0 Å². The lowest BCUT2D eigenvalue weighted by Crippen LogP contribution is -2.46. The Bertz CT molecular complexity index is 710. The number of carbonyl (C=O) groups is 1. The van der Waals surface area contributed by atoms with Gasteiger partial charge < -0.3 is 19.9 Å². The van der Waals surface area contributed by atoms with Crippen LogP contribution in [0.4, 0.5) is 4.79 Å². The van der Waals surface area contributed by atoms with E-state index < -0.39 is 6.10 Å². The molecule has 134 valence electrons. The van der Waals surface area contributed by atoms with Gasteiger partial charge in [-0.25, -0.2) is 9.78 Å². The molecule has 0 aliphatic carbocycles. The van der Waals surface area contributed by atoms with Crippen LogP contribution in [0.1, 0.15) is 35.9 Å². The molecule has 0 spiro atoms. The van der Waals surface area contributed by atoms with Gasteiger partial charge in [0, 0.05) is 45.0 Å². The van der Waals surface area contributed by atoms with Crippen molar-refractivity contribution in [2.45, 2.75) is 32.4 Å². The van der Waals surface area contributed by atoms with Crippen LogP contribution in [-0.4, -0.2) is 38.7 Å². The maximum Gasteiger partial charge on any atom is 0.317 e. The van der Waals surface area contributed by atoms with E-state index in [0.29, 0.717) is 18.9 Å². The molecule has 2 unspecified atom stereocenters. The summed E-state index contributed by atoms with van der Waals surface area (Å²) in [5.41, 5.74) is 2.29. The van der Waals surface area contributed by atoms with E-state index in [1.807, 2.05) is 49.0 Å². The van der Waals surface area contributed by atoms with Crippen molar-refractivity contribution < 1.29 is 9.90 Å². The number of imidazole rings is 1. The fourth-order valence-electron chi connectivity index (χ4n) is 3.32. The molecule has 0 radical (unpaired) electrons. The number of likely N-dealkylation sites (tertiary alicyclic amines) is 1. The van der Waals surface area contributed by atoms with Gasteiger partial charge in [0.25, 0.3) is 0 Å². The predicted octanol–water partition coefficient (Wildman–Crippen LogP) is 2.38. The maximum absolute atomic E-state index is 12.5. The lowest BCUT2D eigenvalue weighted by molar-refractivity contribution is 0.0532. The summed E-state index contributed by atoms with van der Waals surface area (Å²) in [6.45, 7) is 3.84. The lowest BCUT2D eigenvalue weighted by Gasteiger charge is -2.34. The van der Waals surface area contributed by atoms with E-state index in [-0.39, 0.29) is 11.9 Å². The Morgan fingerprint density at radius 1 is 1.40 bits per heavy atom. The fraction of sp³-hybridized carbons (Fsp3) is 0.474. The molecule has 6 heteroatoms. The minimum Gasteiger partial charge on any atom is -0.385 e. The zero-order valence-corrected chi connectivity index (χ0v) is 14.9. The molecule has 2 atom stereocenters. The number of hydrogen-bond acceptors (Lipinski definition) is 3.